The van der Waals surface area contributed by atoms with Crippen molar-refractivity contribution < 1.29 is 22.7 Å². The molecule has 0 saturated carbocycles. The zero-order valence-corrected chi connectivity index (χ0v) is 6.65. The Hall–Kier alpha value is -0.820. The number of halogens is 3. The molecule has 0 aromatic rings. The molecule has 0 aromatic carbocycles. The minimum atomic E-state index is -4.95. The van der Waals surface area contributed by atoms with Crippen LogP contribution < -0.4 is 11.1 Å². The Balaban J connectivity index is 2.52. The number of nitrogens with two attached hydrogens (primary N) is 1. The van der Waals surface area contributed by atoms with E-state index in [1.165, 1.54) is 0 Å². The van der Waals surface area contributed by atoms with Crippen LogP contribution in [0.1, 0.15) is 0 Å². The minimum absolute atomic E-state index is 0.109. The van der Waals surface area contributed by atoms with Crippen molar-refractivity contribution >= 4 is 5.97 Å². The van der Waals surface area contributed by atoms with Crippen LogP contribution in [0.25, 0.3) is 0 Å². The number of nitrogens with one attached hydrogen (secondary N) is 1. The predicted molar refractivity (Wildman–Crippen MR) is 36.8 cm³/mol. The lowest BCUT2D eigenvalue weighted by atomic mass is 9.97. The highest BCUT2D eigenvalue weighted by Gasteiger charge is 2.48. The molecule has 0 atom stereocenters. The molecule has 76 valence electrons. The van der Waals surface area contributed by atoms with Crippen LogP contribution in [0.4, 0.5) is 13.2 Å². The standard InChI is InChI=1S/C6H9F3N2O2/c7-6(8,9)4(12)13-5(1-10)2-11-3-5/h11H,1-3,10H2. The van der Waals surface area contributed by atoms with Crippen molar-refractivity contribution in [1.29, 1.82) is 0 Å². The van der Waals surface area contributed by atoms with Crippen LogP contribution in [0.15, 0.2) is 0 Å². The summed E-state index contributed by atoms with van der Waals surface area (Å²) in [6.45, 7) is 0.235. The highest BCUT2D eigenvalue weighted by molar-refractivity contribution is 5.76. The number of alkyl halides is 3. The first kappa shape index (κ1) is 10.3. The van der Waals surface area contributed by atoms with Gasteiger partial charge in [-0.3, -0.25) is 0 Å². The zero-order chi connectivity index (χ0) is 10.1. The Labute approximate surface area is 72.2 Å². The number of hydrogen-bond acceptors (Lipinski definition) is 4. The maximum atomic E-state index is 11.7. The van der Waals surface area contributed by atoms with Gasteiger partial charge in [-0.25, -0.2) is 4.79 Å². The molecule has 0 bridgehead atoms. The van der Waals surface area contributed by atoms with Gasteiger partial charge in [-0.1, -0.05) is 0 Å². The number of ether oxygens (including phenoxy) is 1. The van der Waals surface area contributed by atoms with Crippen molar-refractivity contribution in [3.63, 3.8) is 0 Å². The quantitative estimate of drug-likeness (QED) is 0.581. The lowest BCUT2D eigenvalue weighted by Crippen LogP contribution is -2.66. The second-order valence-electron chi connectivity index (χ2n) is 2.88. The van der Waals surface area contributed by atoms with Gasteiger partial charge in [0.05, 0.1) is 0 Å². The third kappa shape index (κ3) is 2.10. The molecule has 0 amide bonds. The number of carbonyl (C=O) groups excluding carboxylic acids is 1. The van der Waals surface area contributed by atoms with E-state index in [1.54, 1.807) is 0 Å². The van der Waals surface area contributed by atoms with Gasteiger partial charge in [0.1, 0.15) is 5.60 Å². The number of rotatable bonds is 2. The van der Waals surface area contributed by atoms with Gasteiger partial charge in [-0.2, -0.15) is 13.2 Å². The van der Waals surface area contributed by atoms with Crippen LogP contribution in [0.5, 0.6) is 0 Å². The van der Waals surface area contributed by atoms with Crippen LogP contribution in [0.2, 0.25) is 0 Å². The smallest absolute Gasteiger partial charge is 0.448 e. The summed E-state index contributed by atoms with van der Waals surface area (Å²) in [5.41, 5.74) is 4.02. The summed E-state index contributed by atoms with van der Waals surface area (Å²) in [5.74, 6) is -2.18. The van der Waals surface area contributed by atoms with Crippen LogP contribution in [-0.2, 0) is 9.53 Å². The highest BCUT2D eigenvalue weighted by Crippen LogP contribution is 2.23. The molecular formula is C6H9F3N2O2. The van der Waals surface area contributed by atoms with Crippen molar-refractivity contribution in [2.75, 3.05) is 19.6 Å². The van der Waals surface area contributed by atoms with Gasteiger partial charge in [-0.15, -0.1) is 0 Å². The summed E-state index contributed by atoms with van der Waals surface area (Å²) < 4.78 is 39.5. The average Bonchev–Trinajstić information content (AvgIpc) is 1.94. The number of carbonyl (C=O) groups is 1. The van der Waals surface area contributed by atoms with Crippen molar-refractivity contribution in [1.82, 2.24) is 5.32 Å². The lowest BCUT2D eigenvalue weighted by molar-refractivity contribution is -0.217. The van der Waals surface area contributed by atoms with Crippen LogP contribution in [0, 0.1) is 0 Å². The largest absolute Gasteiger partial charge is 0.490 e. The molecule has 1 saturated heterocycles. The summed E-state index contributed by atoms with van der Waals surface area (Å²) in [6.07, 6.45) is -4.95. The van der Waals surface area contributed by atoms with E-state index in [0.717, 1.165) is 0 Å². The third-order valence-electron chi connectivity index (χ3n) is 1.81. The first-order chi connectivity index (χ1) is 5.90. The normalized spacial score (nSPS) is 20.6. The van der Waals surface area contributed by atoms with Gasteiger partial charge in [0, 0.05) is 19.6 Å². The fourth-order valence-electron chi connectivity index (χ4n) is 0.917. The first-order valence-electron chi connectivity index (χ1n) is 3.61. The van der Waals surface area contributed by atoms with Crippen LogP contribution in [0.3, 0.4) is 0 Å². The van der Waals surface area contributed by atoms with E-state index in [1.807, 2.05) is 0 Å². The summed E-state index contributed by atoms with van der Waals surface area (Å²) >= 11 is 0. The van der Waals surface area contributed by atoms with Crippen molar-refractivity contribution in [3.05, 3.63) is 0 Å². The maximum Gasteiger partial charge on any atom is 0.490 e. The second-order valence-corrected chi connectivity index (χ2v) is 2.88. The monoisotopic (exact) mass is 198 g/mol. The summed E-state index contributed by atoms with van der Waals surface area (Å²) in [5, 5.41) is 2.69. The molecular weight excluding hydrogens is 189 g/mol. The molecule has 1 aliphatic heterocycles. The molecule has 3 N–H and O–H groups in total. The Bertz CT molecular complexity index is 207. The van der Waals surface area contributed by atoms with E-state index in [-0.39, 0.29) is 19.6 Å². The molecule has 0 aromatic heterocycles. The first-order valence-corrected chi connectivity index (χ1v) is 3.61. The van der Waals surface area contributed by atoms with Gasteiger partial charge < -0.3 is 15.8 Å². The van der Waals surface area contributed by atoms with Gasteiger partial charge in [0.2, 0.25) is 0 Å². The van der Waals surface area contributed by atoms with Crippen molar-refractivity contribution in [2.45, 2.75) is 11.8 Å². The summed E-state index contributed by atoms with van der Waals surface area (Å²) in [6, 6.07) is 0. The van der Waals surface area contributed by atoms with E-state index in [4.69, 9.17) is 5.73 Å². The van der Waals surface area contributed by atoms with Gasteiger partial charge in [0.15, 0.2) is 0 Å². The van der Waals surface area contributed by atoms with E-state index in [2.05, 4.69) is 10.1 Å². The SMILES string of the molecule is NCC1(OC(=O)C(F)(F)F)CNC1. The summed E-state index contributed by atoms with van der Waals surface area (Å²) in [7, 11) is 0. The molecule has 0 unspecified atom stereocenters. The van der Waals surface area contributed by atoms with Gasteiger partial charge in [0.25, 0.3) is 0 Å². The molecule has 13 heavy (non-hydrogen) atoms. The third-order valence-corrected chi connectivity index (χ3v) is 1.81. The maximum absolute atomic E-state index is 11.7. The van der Waals surface area contributed by atoms with Crippen molar-refractivity contribution in [3.8, 4) is 0 Å². The molecule has 1 aliphatic rings. The van der Waals surface area contributed by atoms with Crippen molar-refractivity contribution in [2.24, 2.45) is 5.73 Å². The molecule has 0 aliphatic carbocycles. The van der Waals surface area contributed by atoms with Gasteiger partial charge in [-0.05, 0) is 0 Å². The molecule has 7 heteroatoms. The Morgan fingerprint density at radius 3 is 2.31 bits per heavy atom. The van der Waals surface area contributed by atoms with E-state index in [9.17, 15) is 18.0 Å². The average molecular weight is 198 g/mol. The van der Waals surface area contributed by atoms with E-state index < -0.39 is 17.7 Å². The molecule has 1 heterocycles. The number of hydrogen-bond donors (Lipinski definition) is 2. The highest BCUT2D eigenvalue weighted by atomic mass is 19.4. The van der Waals surface area contributed by atoms with E-state index >= 15 is 0 Å². The molecule has 4 nitrogen and oxygen atoms in total. The number of esters is 1. The Kier molecular flexibility index (Phi) is 2.49. The van der Waals surface area contributed by atoms with Crippen LogP contribution in [-0.4, -0.2) is 37.4 Å². The Morgan fingerprint density at radius 1 is 1.54 bits per heavy atom. The second kappa shape index (κ2) is 3.15. The zero-order valence-electron chi connectivity index (χ0n) is 6.65. The van der Waals surface area contributed by atoms with E-state index in [0.29, 0.717) is 0 Å². The molecule has 0 radical (unpaired) electrons. The molecule has 1 fully saturated rings. The topological polar surface area (TPSA) is 64.3 Å². The lowest BCUT2D eigenvalue weighted by Gasteiger charge is -2.40. The summed E-state index contributed by atoms with van der Waals surface area (Å²) in [4.78, 5) is 10.4. The minimum Gasteiger partial charge on any atom is -0.448 e. The fourth-order valence-corrected chi connectivity index (χ4v) is 0.917. The van der Waals surface area contributed by atoms with Gasteiger partial charge >= 0.3 is 12.1 Å². The Morgan fingerprint density at radius 2 is 2.08 bits per heavy atom. The molecule has 1 rings (SSSR count). The predicted octanol–water partition coefficient (Wildman–Crippen LogP) is -0.607. The fraction of sp³-hybridized carbons (Fsp3) is 0.833. The van der Waals surface area contributed by atoms with Crippen LogP contribution >= 0.6 is 0 Å². The molecule has 0 spiro atoms.